The van der Waals surface area contributed by atoms with Crippen molar-refractivity contribution in [2.75, 3.05) is 18.9 Å². The minimum Gasteiger partial charge on any atom is -0.399 e. The molecule has 1 aromatic carbocycles. The molecule has 1 aromatic rings. The summed E-state index contributed by atoms with van der Waals surface area (Å²) in [4.78, 5) is 11.8. The molecule has 0 radical (unpaired) electrons. The Hall–Kier alpha value is -1.63. The second-order valence-electron chi connectivity index (χ2n) is 4.11. The Labute approximate surface area is 105 Å². The summed E-state index contributed by atoms with van der Waals surface area (Å²) in [5, 5.41) is 29.7. The Morgan fingerprint density at radius 1 is 1.39 bits per heavy atom. The van der Waals surface area contributed by atoms with Crippen LogP contribution in [0.25, 0.3) is 0 Å². The lowest BCUT2D eigenvalue weighted by Gasteiger charge is -2.11. The fourth-order valence-corrected chi connectivity index (χ4v) is 1.43. The first-order valence-corrected chi connectivity index (χ1v) is 5.59. The number of carbonyl (C=O) groups excluding carboxylic acids is 1. The number of aliphatic hydroxyl groups is 3. The number of anilines is 1. The van der Waals surface area contributed by atoms with Gasteiger partial charge in [-0.25, -0.2) is 0 Å². The zero-order valence-corrected chi connectivity index (χ0v) is 10.1. The molecule has 2 unspecified atom stereocenters. The summed E-state index contributed by atoms with van der Waals surface area (Å²) in [5.41, 5.74) is 6.86. The molecule has 1 rings (SSSR count). The van der Waals surface area contributed by atoms with Gasteiger partial charge in [0, 0.05) is 17.8 Å². The van der Waals surface area contributed by atoms with Crippen LogP contribution in [-0.2, 0) is 0 Å². The fraction of sp³-hybridized carbons (Fsp3) is 0.417. The van der Waals surface area contributed by atoms with Crippen molar-refractivity contribution in [1.29, 1.82) is 0 Å². The maximum absolute atomic E-state index is 11.8. The summed E-state index contributed by atoms with van der Waals surface area (Å²) in [6.07, 6.45) is -1.71. The highest BCUT2D eigenvalue weighted by molar-refractivity contribution is 5.95. The number of rotatable bonds is 5. The van der Waals surface area contributed by atoms with Crippen molar-refractivity contribution in [2.45, 2.75) is 19.1 Å². The zero-order chi connectivity index (χ0) is 13.7. The van der Waals surface area contributed by atoms with Crippen molar-refractivity contribution in [3.05, 3.63) is 29.3 Å². The Bertz CT molecular complexity index is 421. The molecule has 6 nitrogen and oxygen atoms in total. The van der Waals surface area contributed by atoms with E-state index >= 15 is 0 Å². The summed E-state index contributed by atoms with van der Waals surface area (Å²) < 4.78 is 0. The number of nitrogen functional groups attached to an aromatic ring is 1. The molecule has 0 saturated carbocycles. The van der Waals surface area contributed by atoms with Crippen LogP contribution in [0.4, 0.5) is 5.69 Å². The molecule has 2 atom stereocenters. The second kappa shape index (κ2) is 6.34. The highest BCUT2D eigenvalue weighted by atomic mass is 16.3. The van der Waals surface area contributed by atoms with Gasteiger partial charge in [-0.15, -0.1) is 0 Å². The second-order valence-corrected chi connectivity index (χ2v) is 4.11. The van der Waals surface area contributed by atoms with E-state index in [1.54, 1.807) is 13.0 Å². The maximum atomic E-state index is 11.8. The maximum Gasteiger partial charge on any atom is 0.251 e. The first-order chi connectivity index (χ1) is 8.43. The predicted molar refractivity (Wildman–Crippen MR) is 66.9 cm³/mol. The molecule has 6 N–H and O–H groups in total. The van der Waals surface area contributed by atoms with E-state index in [9.17, 15) is 9.90 Å². The predicted octanol–water partition coefficient (Wildman–Crippen LogP) is -0.595. The van der Waals surface area contributed by atoms with Crippen molar-refractivity contribution >= 4 is 11.6 Å². The SMILES string of the molecule is CC(O)c1cc(N)cc(C(=O)NCC(O)CO)c1. The van der Waals surface area contributed by atoms with Crippen LogP contribution in [0, 0.1) is 0 Å². The van der Waals surface area contributed by atoms with E-state index in [1.807, 2.05) is 0 Å². The average Bonchev–Trinajstić information content (AvgIpc) is 2.34. The number of carbonyl (C=O) groups is 1. The summed E-state index contributed by atoms with van der Waals surface area (Å²) in [7, 11) is 0. The van der Waals surface area contributed by atoms with E-state index in [2.05, 4.69) is 5.32 Å². The Morgan fingerprint density at radius 2 is 2.06 bits per heavy atom. The fourth-order valence-electron chi connectivity index (χ4n) is 1.43. The topological polar surface area (TPSA) is 116 Å². The van der Waals surface area contributed by atoms with Crippen LogP contribution in [0.2, 0.25) is 0 Å². The molecule has 0 aliphatic carbocycles. The number of hydrogen-bond acceptors (Lipinski definition) is 5. The lowest BCUT2D eigenvalue weighted by Crippen LogP contribution is -2.34. The molecule has 0 aliphatic heterocycles. The summed E-state index contributed by atoms with van der Waals surface area (Å²) in [5.74, 6) is -0.420. The minimum absolute atomic E-state index is 0.0475. The smallest absolute Gasteiger partial charge is 0.251 e. The number of hydrogen-bond donors (Lipinski definition) is 5. The lowest BCUT2D eigenvalue weighted by molar-refractivity contribution is 0.0802. The molecule has 0 aliphatic rings. The molecule has 0 fully saturated rings. The number of nitrogens with one attached hydrogen (secondary N) is 1. The largest absolute Gasteiger partial charge is 0.399 e. The molecular weight excluding hydrogens is 236 g/mol. The average molecular weight is 254 g/mol. The van der Waals surface area contributed by atoms with E-state index in [0.29, 0.717) is 16.8 Å². The Balaban J connectivity index is 2.79. The van der Waals surface area contributed by atoms with Gasteiger partial charge in [-0.05, 0) is 30.7 Å². The zero-order valence-electron chi connectivity index (χ0n) is 10.1. The minimum atomic E-state index is -0.994. The molecular formula is C12H18N2O4. The molecule has 0 aromatic heterocycles. The molecule has 6 heteroatoms. The van der Waals surface area contributed by atoms with Gasteiger partial charge in [0.25, 0.3) is 5.91 Å². The molecule has 18 heavy (non-hydrogen) atoms. The summed E-state index contributed by atoms with van der Waals surface area (Å²) in [6.45, 7) is 1.11. The van der Waals surface area contributed by atoms with Gasteiger partial charge in [0.1, 0.15) is 0 Å². The van der Waals surface area contributed by atoms with Crippen molar-refractivity contribution < 1.29 is 20.1 Å². The van der Waals surface area contributed by atoms with Gasteiger partial charge in [-0.2, -0.15) is 0 Å². The van der Waals surface area contributed by atoms with Crippen LogP contribution >= 0.6 is 0 Å². The first kappa shape index (κ1) is 14.4. The van der Waals surface area contributed by atoms with Gasteiger partial charge in [0.15, 0.2) is 0 Å². The molecule has 0 bridgehead atoms. The first-order valence-electron chi connectivity index (χ1n) is 5.59. The summed E-state index contributed by atoms with van der Waals surface area (Å²) >= 11 is 0. The van der Waals surface area contributed by atoms with Gasteiger partial charge in [0.2, 0.25) is 0 Å². The quantitative estimate of drug-likeness (QED) is 0.450. The van der Waals surface area contributed by atoms with E-state index in [-0.39, 0.29) is 6.54 Å². The normalized spacial score (nSPS) is 14.0. The summed E-state index contributed by atoms with van der Waals surface area (Å²) in [6, 6.07) is 4.60. The highest BCUT2D eigenvalue weighted by Crippen LogP contribution is 2.18. The van der Waals surface area contributed by atoms with Gasteiger partial charge in [-0.3, -0.25) is 4.79 Å². The van der Waals surface area contributed by atoms with Gasteiger partial charge in [0.05, 0.1) is 18.8 Å². The number of aliphatic hydroxyl groups excluding tert-OH is 3. The van der Waals surface area contributed by atoms with E-state index < -0.39 is 24.7 Å². The third-order valence-electron chi connectivity index (χ3n) is 2.43. The van der Waals surface area contributed by atoms with E-state index in [1.165, 1.54) is 12.1 Å². The molecule has 100 valence electrons. The third-order valence-corrected chi connectivity index (χ3v) is 2.43. The van der Waals surface area contributed by atoms with Gasteiger partial charge < -0.3 is 26.4 Å². The number of nitrogens with two attached hydrogens (primary N) is 1. The number of amides is 1. The van der Waals surface area contributed by atoms with Crippen molar-refractivity contribution in [2.24, 2.45) is 0 Å². The standard InChI is InChI=1S/C12H18N2O4/c1-7(16)8-2-9(4-10(13)3-8)12(18)14-5-11(17)6-15/h2-4,7,11,15-17H,5-6,13H2,1H3,(H,14,18). The van der Waals surface area contributed by atoms with Crippen LogP contribution in [0.1, 0.15) is 28.9 Å². The molecule has 1 amide bonds. The van der Waals surface area contributed by atoms with Crippen molar-refractivity contribution in [3.8, 4) is 0 Å². The molecule has 0 heterocycles. The molecule has 0 spiro atoms. The Kier molecular flexibility index (Phi) is 5.08. The third kappa shape index (κ3) is 3.99. The molecule has 0 saturated heterocycles. The van der Waals surface area contributed by atoms with Crippen LogP contribution in [0.3, 0.4) is 0 Å². The lowest BCUT2D eigenvalue weighted by atomic mass is 10.1. The van der Waals surface area contributed by atoms with Crippen LogP contribution in [0.15, 0.2) is 18.2 Å². The van der Waals surface area contributed by atoms with Crippen molar-refractivity contribution in [3.63, 3.8) is 0 Å². The van der Waals surface area contributed by atoms with Crippen LogP contribution < -0.4 is 11.1 Å². The van der Waals surface area contributed by atoms with Gasteiger partial charge in [-0.1, -0.05) is 0 Å². The van der Waals surface area contributed by atoms with Crippen LogP contribution in [-0.4, -0.2) is 40.5 Å². The van der Waals surface area contributed by atoms with Gasteiger partial charge >= 0.3 is 0 Å². The monoisotopic (exact) mass is 254 g/mol. The van der Waals surface area contributed by atoms with E-state index in [4.69, 9.17) is 15.9 Å². The van der Waals surface area contributed by atoms with Crippen LogP contribution in [0.5, 0.6) is 0 Å². The number of benzene rings is 1. The van der Waals surface area contributed by atoms with Crippen molar-refractivity contribution in [1.82, 2.24) is 5.32 Å². The van der Waals surface area contributed by atoms with E-state index in [0.717, 1.165) is 0 Å². The highest BCUT2D eigenvalue weighted by Gasteiger charge is 2.11. The Morgan fingerprint density at radius 3 is 2.61 bits per heavy atom.